The molecule has 1 saturated heterocycles. The van der Waals surface area contributed by atoms with Crippen molar-refractivity contribution in [1.29, 1.82) is 0 Å². The van der Waals surface area contributed by atoms with Crippen molar-refractivity contribution >= 4 is 33.9 Å². The van der Waals surface area contributed by atoms with E-state index in [0.29, 0.717) is 10.6 Å². The fraction of sp³-hybridized carbons (Fsp3) is 0.333. The Labute approximate surface area is 210 Å². The van der Waals surface area contributed by atoms with Gasteiger partial charge in [0.05, 0.1) is 31.0 Å². The maximum Gasteiger partial charge on any atom is 0.341 e. The second kappa shape index (κ2) is 11.4. The lowest BCUT2D eigenvalue weighted by atomic mass is 10.1. The van der Waals surface area contributed by atoms with E-state index in [9.17, 15) is 9.59 Å². The molecule has 0 aliphatic carbocycles. The number of amides is 1. The van der Waals surface area contributed by atoms with Crippen LogP contribution < -0.4 is 15.0 Å². The molecule has 1 amide bonds. The van der Waals surface area contributed by atoms with E-state index in [0.717, 1.165) is 48.1 Å². The smallest absolute Gasteiger partial charge is 0.341 e. The highest BCUT2D eigenvalue weighted by Gasteiger charge is 2.28. The van der Waals surface area contributed by atoms with Crippen molar-refractivity contribution in [3.63, 3.8) is 0 Å². The fourth-order valence-electron chi connectivity index (χ4n) is 4.21. The highest BCUT2D eigenvalue weighted by atomic mass is 32.1. The molecule has 184 valence electrons. The number of nitrogens with zero attached hydrogens (tertiary/aromatic N) is 2. The maximum atomic E-state index is 13.2. The largest absolute Gasteiger partial charge is 0.495 e. The summed E-state index contributed by atoms with van der Waals surface area (Å²) >= 11 is 1.39. The number of hydrogen-bond acceptors (Lipinski definition) is 7. The zero-order chi connectivity index (χ0) is 24.8. The third-order valence-electron chi connectivity index (χ3n) is 6.19. The van der Waals surface area contributed by atoms with Crippen LogP contribution in [0.4, 0.5) is 10.7 Å². The van der Waals surface area contributed by atoms with E-state index in [4.69, 9.17) is 9.47 Å². The number of nitrogens with one attached hydrogen (secondary N) is 1. The van der Waals surface area contributed by atoms with Crippen LogP contribution in [0.5, 0.6) is 5.75 Å². The second-order valence-electron chi connectivity index (χ2n) is 8.30. The van der Waals surface area contributed by atoms with Crippen LogP contribution in [0.2, 0.25) is 0 Å². The first-order valence-electron chi connectivity index (χ1n) is 11.8. The lowest BCUT2D eigenvalue weighted by molar-refractivity contribution is -0.120. The molecule has 2 aromatic carbocycles. The summed E-state index contributed by atoms with van der Waals surface area (Å²) in [6.45, 7) is 7.04. The minimum absolute atomic E-state index is 0.136. The van der Waals surface area contributed by atoms with Gasteiger partial charge in [0.2, 0.25) is 5.91 Å². The van der Waals surface area contributed by atoms with Gasteiger partial charge in [-0.05, 0) is 37.6 Å². The van der Waals surface area contributed by atoms with Crippen molar-refractivity contribution in [1.82, 2.24) is 4.90 Å². The van der Waals surface area contributed by atoms with E-state index < -0.39 is 5.97 Å². The van der Waals surface area contributed by atoms with E-state index in [1.54, 1.807) is 20.1 Å². The minimum atomic E-state index is -0.431. The summed E-state index contributed by atoms with van der Waals surface area (Å²) < 4.78 is 10.7. The van der Waals surface area contributed by atoms with Gasteiger partial charge >= 0.3 is 5.97 Å². The SMILES string of the molecule is CCOC(=O)c1cc(-c2ccccc2)sc1NC(=O)C(C)N1CCN(c2ccccc2OC)CC1. The predicted molar refractivity (Wildman–Crippen MR) is 141 cm³/mol. The first-order chi connectivity index (χ1) is 17.0. The second-order valence-corrected chi connectivity index (χ2v) is 9.35. The van der Waals surface area contributed by atoms with Crippen LogP contribution in [0.3, 0.4) is 0 Å². The lowest BCUT2D eigenvalue weighted by Crippen LogP contribution is -2.52. The van der Waals surface area contributed by atoms with Crippen molar-refractivity contribution in [2.75, 3.05) is 50.1 Å². The first kappa shape index (κ1) is 24.8. The van der Waals surface area contributed by atoms with Gasteiger partial charge < -0.3 is 19.7 Å². The quantitative estimate of drug-likeness (QED) is 0.457. The molecule has 1 N–H and O–H groups in total. The number of carbonyl (C=O) groups excluding carboxylic acids is 2. The maximum absolute atomic E-state index is 13.2. The molecule has 3 aromatic rings. The average molecular weight is 494 g/mol. The molecule has 7 nitrogen and oxygen atoms in total. The summed E-state index contributed by atoms with van der Waals surface area (Å²) in [6.07, 6.45) is 0. The summed E-state index contributed by atoms with van der Waals surface area (Å²) in [7, 11) is 1.68. The molecule has 1 atom stereocenters. The van der Waals surface area contributed by atoms with Gasteiger partial charge in [-0.1, -0.05) is 42.5 Å². The Morgan fingerprint density at radius 3 is 2.40 bits per heavy atom. The van der Waals surface area contributed by atoms with Gasteiger partial charge in [-0.15, -0.1) is 11.3 Å². The number of ether oxygens (including phenoxy) is 2. The zero-order valence-corrected chi connectivity index (χ0v) is 21.1. The fourth-order valence-corrected chi connectivity index (χ4v) is 5.27. The Bertz CT molecular complexity index is 1160. The summed E-state index contributed by atoms with van der Waals surface area (Å²) in [4.78, 5) is 31.2. The van der Waals surface area contributed by atoms with Crippen molar-refractivity contribution in [3.8, 4) is 16.2 Å². The summed E-state index contributed by atoms with van der Waals surface area (Å²) in [6, 6.07) is 19.3. The van der Waals surface area contributed by atoms with Crippen LogP contribution >= 0.6 is 11.3 Å². The van der Waals surface area contributed by atoms with E-state index >= 15 is 0 Å². The molecule has 1 unspecified atom stereocenters. The van der Waals surface area contributed by atoms with Gasteiger partial charge in [-0.3, -0.25) is 9.69 Å². The number of hydrogen-bond donors (Lipinski definition) is 1. The molecule has 2 heterocycles. The molecule has 0 bridgehead atoms. The highest BCUT2D eigenvalue weighted by Crippen LogP contribution is 2.36. The molecule has 4 rings (SSSR count). The van der Waals surface area contributed by atoms with Crippen molar-refractivity contribution < 1.29 is 19.1 Å². The van der Waals surface area contributed by atoms with Crippen LogP contribution in [0, 0.1) is 0 Å². The molecular weight excluding hydrogens is 462 g/mol. The number of thiophene rings is 1. The number of methoxy groups -OCH3 is 1. The summed E-state index contributed by atoms with van der Waals surface area (Å²) in [5.74, 6) is 0.284. The average Bonchev–Trinajstić information content (AvgIpc) is 3.33. The summed E-state index contributed by atoms with van der Waals surface area (Å²) in [5, 5.41) is 3.52. The van der Waals surface area contributed by atoms with Crippen LogP contribution in [-0.2, 0) is 9.53 Å². The Morgan fingerprint density at radius 1 is 1.03 bits per heavy atom. The molecule has 0 spiro atoms. The standard InChI is InChI=1S/C27H31N3O4S/c1-4-34-27(32)21-18-24(20-10-6-5-7-11-20)35-26(21)28-25(31)19(2)29-14-16-30(17-15-29)22-12-8-9-13-23(22)33-3/h5-13,18-19H,4,14-17H2,1-3H3,(H,28,31). The van der Waals surface area contributed by atoms with Crippen LogP contribution in [-0.4, -0.2) is 62.7 Å². The van der Waals surface area contributed by atoms with Crippen LogP contribution in [0.1, 0.15) is 24.2 Å². The van der Waals surface area contributed by atoms with Gasteiger partial charge in [0.15, 0.2) is 0 Å². The number of benzene rings is 2. The zero-order valence-electron chi connectivity index (χ0n) is 20.3. The molecular formula is C27H31N3O4S. The Hall–Kier alpha value is -3.36. The van der Waals surface area contributed by atoms with E-state index in [1.807, 2.05) is 55.5 Å². The number of anilines is 2. The molecule has 0 saturated carbocycles. The topological polar surface area (TPSA) is 71.1 Å². The van der Waals surface area contributed by atoms with Crippen molar-refractivity contribution in [2.45, 2.75) is 19.9 Å². The third-order valence-corrected chi connectivity index (χ3v) is 7.29. The van der Waals surface area contributed by atoms with Gasteiger partial charge in [-0.25, -0.2) is 4.79 Å². The van der Waals surface area contributed by atoms with Gasteiger partial charge in [0.1, 0.15) is 10.8 Å². The Kier molecular flexibility index (Phi) is 8.05. The number of esters is 1. The molecule has 1 aromatic heterocycles. The van der Waals surface area contributed by atoms with Gasteiger partial charge in [0, 0.05) is 31.1 Å². The first-order valence-corrected chi connectivity index (χ1v) is 12.6. The Morgan fingerprint density at radius 2 is 1.71 bits per heavy atom. The highest BCUT2D eigenvalue weighted by molar-refractivity contribution is 7.20. The van der Waals surface area contributed by atoms with E-state index in [1.165, 1.54) is 11.3 Å². The van der Waals surface area contributed by atoms with Gasteiger partial charge in [0.25, 0.3) is 0 Å². The van der Waals surface area contributed by atoms with Crippen LogP contribution in [0.15, 0.2) is 60.7 Å². The van der Waals surface area contributed by atoms with Crippen molar-refractivity contribution in [3.05, 3.63) is 66.2 Å². The number of para-hydroxylation sites is 2. The number of carbonyl (C=O) groups is 2. The molecule has 1 aliphatic heterocycles. The number of rotatable bonds is 8. The minimum Gasteiger partial charge on any atom is -0.495 e. The predicted octanol–water partition coefficient (Wildman–Crippen LogP) is 4.75. The molecule has 0 radical (unpaired) electrons. The number of piperazine rings is 1. The summed E-state index contributed by atoms with van der Waals surface area (Å²) in [5.41, 5.74) is 2.44. The molecule has 35 heavy (non-hydrogen) atoms. The van der Waals surface area contributed by atoms with Crippen molar-refractivity contribution in [2.24, 2.45) is 0 Å². The third kappa shape index (κ3) is 5.66. The lowest BCUT2D eigenvalue weighted by Gasteiger charge is -2.38. The van der Waals surface area contributed by atoms with Crippen LogP contribution in [0.25, 0.3) is 10.4 Å². The van der Waals surface area contributed by atoms with E-state index in [-0.39, 0.29) is 18.6 Å². The normalized spacial score (nSPS) is 14.9. The monoisotopic (exact) mass is 493 g/mol. The molecule has 1 fully saturated rings. The van der Waals surface area contributed by atoms with Gasteiger partial charge in [-0.2, -0.15) is 0 Å². The Balaban J connectivity index is 1.44. The van der Waals surface area contributed by atoms with E-state index in [2.05, 4.69) is 21.2 Å². The molecule has 8 heteroatoms. The molecule has 1 aliphatic rings.